The van der Waals surface area contributed by atoms with Gasteiger partial charge in [-0.1, -0.05) is 42.0 Å². The summed E-state index contributed by atoms with van der Waals surface area (Å²) in [5.41, 5.74) is 5.12. The number of para-hydroxylation sites is 1. The first-order valence-electron chi connectivity index (χ1n) is 8.26. The molecule has 2 N–H and O–H groups in total. The third-order valence-electron chi connectivity index (χ3n) is 4.05. The summed E-state index contributed by atoms with van der Waals surface area (Å²) in [5.74, 6) is 1.68. The lowest BCUT2D eigenvalue weighted by Crippen LogP contribution is -2.38. The molecule has 0 aliphatic rings. The molecular weight excluding hydrogens is 425 g/mol. The highest BCUT2D eigenvalue weighted by Crippen LogP contribution is 2.16. The van der Waals surface area contributed by atoms with Crippen LogP contribution in [0.15, 0.2) is 47.5 Å². The van der Waals surface area contributed by atoms with Crippen LogP contribution in [0.25, 0.3) is 0 Å². The third-order valence-corrected chi connectivity index (χ3v) is 4.05. The summed E-state index contributed by atoms with van der Waals surface area (Å²) in [7, 11) is 3.48. The zero-order valence-electron chi connectivity index (χ0n) is 15.4. The van der Waals surface area contributed by atoms with Crippen LogP contribution in [0.5, 0.6) is 5.75 Å². The van der Waals surface area contributed by atoms with Crippen molar-refractivity contribution in [2.75, 3.05) is 20.7 Å². The van der Waals surface area contributed by atoms with Crippen molar-refractivity contribution in [2.45, 2.75) is 26.8 Å². The second kappa shape index (κ2) is 11.0. The smallest absolute Gasteiger partial charge is 0.191 e. The molecule has 2 aromatic carbocycles. The van der Waals surface area contributed by atoms with Gasteiger partial charge in [0.2, 0.25) is 0 Å². The molecule has 0 aliphatic heterocycles. The van der Waals surface area contributed by atoms with Crippen LogP contribution in [0.3, 0.4) is 0 Å². The van der Waals surface area contributed by atoms with Gasteiger partial charge in [-0.2, -0.15) is 0 Å². The van der Waals surface area contributed by atoms with Crippen LogP contribution in [-0.2, 0) is 13.0 Å². The fourth-order valence-electron chi connectivity index (χ4n) is 2.69. The molecule has 0 radical (unpaired) electrons. The number of aryl methyl sites for hydroxylation is 2. The summed E-state index contributed by atoms with van der Waals surface area (Å²) in [6.07, 6.45) is 0.974. The third kappa shape index (κ3) is 6.57. The number of guanidine groups is 1. The van der Waals surface area contributed by atoms with Crippen LogP contribution in [-0.4, -0.2) is 26.7 Å². The molecule has 4 nitrogen and oxygen atoms in total. The van der Waals surface area contributed by atoms with Crippen LogP contribution in [0, 0.1) is 13.8 Å². The van der Waals surface area contributed by atoms with Crippen molar-refractivity contribution in [1.29, 1.82) is 0 Å². The second-order valence-electron chi connectivity index (χ2n) is 5.84. The van der Waals surface area contributed by atoms with E-state index in [1.54, 1.807) is 14.2 Å². The van der Waals surface area contributed by atoms with E-state index in [0.717, 1.165) is 30.2 Å². The van der Waals surface area contributed by atoms with E-state index in [9.17, 15) is 0 Å². The molecule has 0 aliphatic carbocycles. The van der Waals surface area contributed by atoms with E-state index >= 15 is 0 Å². The molecule has 0 aromatic heterocycles. The zero-order valence-corrected chi connectivity index (χ0v) is 17.8. The zero-order chi connectivity index (χ0) is 17.4. The average Bonchev–Trinajstić information content (AvgIpc) is 2.59. The highest BCUT2D eigenvalue weighted by molar-refractivity contribution is 14.0. The van der Waals surface area contributed by atoms with Crippen molar-refractivity contribution in [2.24, 2.45) is 4.99 Å². The number of hydrogen-bond donors (Lipinski definition) is 2. The summed E-state index contributed by atoms with van der Waals surface area (Å²) < 4.78 is 5.37. The van der Waals surface area contributed by atoms with E-state index in [2.05, 4.69) is 53.7 Å². The number of methoxy groups -OCH3 is 1. The van der Waals surface area contributed by atoms with Crippen LogP contribution < -0.4 is 15.4 Å². The fourth-order valence-corrected chi connectivity index (χ4v) is 2.69. The van der Waals surface area contributed by atoms with Gasteiger partial charge in [-0.15, -0.1) is 24.0 Å². The maximum absolute atomic E-state index is 5.37. The molecule has 0 fully saturated rings. The minimum absolute atomic E-state index is 0. The van der Waals surface area contributed by atoms with E-state index in [4.69, 9.17) is 4.74 Å². The Bertz CT molecular complexity index is 701. The number of nitrogens with zero attached hydrogens (tertiary/aromatic N) is 1. The monoisotopic (exact) mass is 453 g/mol. The molecular formula is C20H28IN3O. The highest BCUT2D eigenvalue weighted by atomic mass is 127. The molecule has 0 amide bonds. The second-order valence-corrected chi connectivity index (χ2v) is 5.84. The first-order valence-corrected chi connectivity index (χ1v) is 8.26. The molecule has 0 bridgehead atoms. The summed E-state index contributed by atoms with van der Waals surface area (Å²) in [6, 6.07) is 14.6. The lowest BCUT2D eigenvalue weighted by molar-refractivity contribution is 0.409. The predicted molar refractivity (Wildman–Crippen MR) is 116 cm³/mol. The van der Waals surface area contributed by atoms with Crippen LogP contribution in [0.1, 0.15) is 22.3 Å². The highest BCUT2D eigenvalue weighted by Gasteiger charge is 2.04. The largest absolute Gasteiger partial charge is 0.496 e. The van der Waals surface area contributed by atoms with Gasteiger partial charge in [0, 0.05) is 25.7 Å². The quantitative estimate of drug-likeness (QED) is 0.397. The van der Waals surface area contributed by atoms with Crippen LogP contribution in [0.4, 0.5) is 0 Å². The SMILES string of the molecule is CN=C(NCCc1ccc(C)cc1C)NCc1ccccc1OC.I. The van der Waals surface area contributed by atoms with E-state index in [1.165, 1.54) is 16.7 Å². The normalized spacial score (nSPS) is 10.8. The van der Waals surface area contributed by atoms with Crippen LogP contribution >= 0.6 is 24.0 Å². The lowest BCUT2D eigenvalue weighted by Gasteiger charge is -2.14. The van der Waals surface area contributed by atoms with Crippen molar-refractivity contribution in [3.05, 3.63) is 64.7 Å². The van der Waals surface area contributed by atoms with Gasteiger partial charge in [-0.3, -0.25) is 4.99 Å². The molecule has 5 heteroatoms. The number of rotatable bonds is 6. The van der Waals surface area contributed by atoms with Gasteiger partial charge in [0.1, 0.15) is 5.75 Å². The molecule has 136 valence electrons. The van der Waals surface area contributed by atoms with E-state index in [1.807, 2.05) is 18.2 Å². The Balaban J connectivity index is 0.00000312. The molecule has 0 saturated heterocycles. The molecule has 0 atom stereocenters. The molecule has 0 unspecified atom stereocenters. The van der Waals surface area contributed by atoms with Gasteiger partial charge < -0.3 is 15.4 Å². The Hall–Kier alpha value is -1.76. The number of nitrogens with one attached hydrogen (secondary N) is 2. The molecule has 25 heavy (non-hydrogen) atoms. The topological polar surface area (TPSA) is 45.7 Å². The standard InChI is InChI=1S/C20H27N3O.HI/c1-15-9-10-17(16(2)13-15)11-12-22-20(21-3)23-14-18-7-5-6-8-19(18)24-4;/h5-10,13H,11-12,14H2,1-4H3,(H2,21,22,23);1H. The number of benzene rings is 2. The van der Waals surface area contributed by atoms with Gasteiger partial charge in [0.25, 0.3) is 0 Å². The number of aliphatic imine (C=N–C) groups is 1. The summed E-state index contributed by atoms with van der Waals surface area (Å²) >= 11 is 0. The van der Waals surface area contributed by atoms with Crippen LogP contribution in [0.2, 0.25) is 0 Å². The number of hydrogen-bond acceptors (Lipinski definition) is 2. The lowest BCUT2D eigenvalue weighted by atomic mass is 10.0. The number of ether oxygens (including phenoxy) is 1. The van der Waals surface area contributed by atoms with E-state index < -0.39 is 0 Å². The first-order chi connectivity index (χ1) is 11.6. The van der Waals surface area contributed by atoms with E-state index in [0.29, 0.717) is 6.54 Å². The minimum atomic E-state index is 0. The molecule has 0 saturated carbocycles. The minimum Gasteiger partial charge on any atom is -0.496 e. The Morgan fingerprint density at radius 3 is 2.48 bits per heavy atom. The Kier molecular flexibility index (Phi) is 9.34. The molecule has 0 spiro atoms. The number of halogens is 1. The average molecular weight is 453 g/mol. The first kappa shape index (κ1) is 21.3. The maximum atomic E-state index is 5.37. The van der Waals surface area contributed by atoms with Crippen molar-refractivity contribution >= 4 is 29.9 Å². The molecule has 2 rings (SSSR count). The predicted octanol–water partition coefficient (Wildman–Crippen LogP) is 3.84. The Labute approximate surface area is 168 Å². The molecule has 0 heterocycles. The van der Waals surface area contributed by atoms with Gasteiger partial charge in [0.15, 0.2) is 5.96 Å². The van der Waals surface area contributed by atoms with Gasteiger partial charge >= 0.3 is 0 Å². The van der Waals surface area contributed by atoms with Crippen molar-refractivity contribution in [3.8, 4) is 5.75 Å². The van der Waals surface area contributed by atoms with Gasteiger partial charge in [0.05, 0.1) is 7.11 Å². The van der Waals surface area contributed by atoms with Gasteiger partial charge in [-0.25, -0.2) is 0 Å². The van der Waals surface area contributed by atoms with Gasteiger partial charge in [-0.05, 0) is 37.5 Å². The molecule has 2 aromatic rings. The maximum Gasteiger partial charge on any atom is 0.191 e. The van der Waals surface area contributed by atoms with Crippen molar-refractivity contribution in [1.82, 2.24) is 10.6 Å². The summed E-state index contributed by atoms with van der Waals surface area (Å²) in [4.78, 5) is 4.28. The summed E-state index contributed by atoms with van der Waals surface area (Å²) in [5, 5.41) is 6.69. The Morgan fingerprint density at radius 1 is 1.04 bits per heavy atom. The van der Waals surface area contributed by atoms with Crippen molar-refractivity contribution in [3.63, 3.8) is 0 Å². The summed E-state index contributed by atoms with van der Waals surface area (Å²) in [6.45, 7) is 5.80. The van der Waals surface area contributed by atoms with E-state index in [-0.39, 0.29) is 24.0 Å². The fraction of sp³-hybridized carbons (Fsp3) is 0.350. The van der Waals surface area contributed by atoms with Crippen molar-refractivity contribution < 1.29 is 4.74 Å². The Morgan fingerprint density at radius 2 is 1.80 bits per heavy atom.